The largest absolute Gasteiger partial charge is 0.497 e. The molecule has 1 atom stereocenters. The average Bonchev–Trinajstić information content (AvgIpc) is 2.79. The highest BCUT2D eigenvalue weighted by molar-refractivity contribution is 7.89. The van der Waals surface area contributed by atoms with E-state index in [2.05, 4.69) is 0 Å². The van der Waals surface area contributed by atoms with Crippen molar-refractivity contribution in [2.75, 3.05) is 26.0 Å². The monoisotopic (exact) mass is 365 g/mol. The zero-order valence-corrected chi connectivity index (χ0v) is 14.4. The fourth-order valence-corrected chi connectivity index (χ4v) is 4.44. The number of ether oxygens (including phenoxy) is 1. The third kappa shape index (κ3) is 5.37. The Morgan fingerprint density at radius 2 is 1.88 bits per heavy atom. The smallest absolute Gasteiger partial charge is 0.390 e. The zero-order valence-electron chi connectivity index (χ0n) is 13.6. The van der Waals surface area contributed by atoms with Crippen LogP contribution in [0.5, 0.6) is 5.75 Å². The minimum Gasteiger partial charge on any atom is -0.497 e. The van der Waals surface area contributed by atoms with E-state index in [9.17, 15) is 21.6 Å². The van der Waals surface area contributed by atoms with Gasteiger partial charge in [0.15, 0.2) is 0 Å². The topological polar surface area (TPSA) is 46.6 Å². The molecule has 0 aliphatic carbocycles. The second-order valence-electron chi connectivity index (χ2n) is 6.01. The second-order valence-corrected chi connectivity index (χ2v) is 8.09. The number of sulfonamides is 1. The van der Waals surface area contributed by atoms with Crippen LogP contribution in [0.2, 0.25) is 0 Å². The van der Waals surface area contributed by atoms with Crippen LogP contribution in [0.4, 0.5) is 13.2 Å². The lowest BCUT2D eigenvalue weighted by molar-refractivity contribution is -0.130. The summed E-state index contributed by atoms with van der Waals surface area (Å²) in [6, 6.07) is 7.39. The van der Waals surface area contributed by atoms with Gasteiger partial charge in [-0.05, 0) is 36.5 Å². The molecular formula is C16H22F3NO3S. The normalized spacial score (nSPS) is 20.6. The van der Waals surface area contributed by atoms with Crippen molar-refractivity contribution < 1.29 is 26.3 Å². The van der Waals surface area contributed by atoms with Crippen LogP contribution < -0.4 is 4.74 Å². The molecule has 1 heterocycles. The molecule has 8 heteroatoms. The fourth-order valence-electron chi connectivity index (χ4n) is 2.88. The summed E-state index contributed by atoms with van der Waals surface area (Å²) in [5.74, 6) is -0.188. The van der Waals surface area contributed by atoms with Gasteiger partial charge in [-0.3, -0.25) is 0 Å². The molecule has 1 aliphatic heterocycles. The van der Waals surface area contributed by atoms with E-state index < -0.39 is 28.4 Å². The van der Waals surface area contributed by atoms with Crippen LogP contribution in [0.15, 0.2) is 24.3 Å². The molecule has 1 saturated heterocycles. The molecule has 24 heavy (non-hydrogen) atoms. The van der Waals surface area contributed by atoms with E-state index in [0.717, 1.165) is 18.4 Å². The Morgan fingerprint density at radius 1 is 1.21 bits per heavy atom. The third-order valence-electron chi connectivity index (χ3n) is 4.26. The van der Waals surface area contributed by atoms with Gasteiger partial charge in [-0.2, -0.15) is 13.2 Å². The van der Waals surface area contributed by atoms with Crippen LogP contribution in [0, 0.1) is 0 Å². The predicted octanol–water partition coefficient (Wildman–Crippen LogP) is 3.55. The lowest BCUT2D eigenvalue weighted by Crippen LogP contribution is -2.36. The van der Waals surface area contributed by atoms with Crippen molar-refractivity contribution in [1.82, 2.24) is 4.31 Å². The Labute approximate surface area is 140 Å². The molecule has 1 aromatic carbocycles. The Balaban J connectivity index is 2.10. The van der Waals surface area contributed by atoms with Crippen molar-refractivity contribution >= 4 is 10.0 Å². The summed E-state index contributed by atoms with van der Waals surface area (Å²) in [4.78, 5) is 0. The van der Waals surface area contributed by atoms with E-state index in [4.69, 9.17) is 4.74 Å². The molecule has 4 nitrogen and oxygen atoms in total. The van der Waals surface area contributed by atoms with E-state index >= 15 is 0 Å². The van der Waals surface area contributed by atoms with Gasteiger partial charge >= 0.3 is 6.18 Å². The van der Waals surface area contributed by atoms with E-state index in [1.54, 1.807) is 7.11 Å². The summed E-state index contributed by atoms with van der Waals surface area (Å²) in [7, 11) is -2.34. The van der Waals surface area contributed by atoms with Crippen LogP contribution in [0.25, 0.3) is 0 Å². The van der Waals surface area contributed by atoms with Crippen LogP contribution in [0.1, 0.15) is 37.2 Å². The maximum Gasteiger partial charge on any atom is 0.390 e. The Morgan fingerprint density at radius 3 is 2.46 bits per heavy atom. The van der Waals surface area contributed by atoms with Crippen LogP contribution in [0.3, 0.4) is 0 Å². The molecule has 0 unspecified atom stereocenters. The maximum atomic E-state index is 12.4. The van der Waals surface area contributed by atoms with E-state index in [0.29, 0.717) is 12.2 Å². The molecule has 0 radical (unpaired) electrons. The SMILES string of the molecule is COc1ccc([C@@H]2CCCCN(S(=O)(=O)CCC(F)(F)F)C2)cc1. The number of nitrogens with zero attached hydrogens (tertiary/aromatic N) is 1. The molecule has 1 fully saturated rings. The second kappa shape index (κ2) is 7.74. The number of halogens is 3. The molecule has 2 rings (SSSR count). The highest BCUT2D eigenvalue weighted by Gasteiger charge is 2.34. The predicted molar refractivity (Wildman–Crippen MR) is 85.6 cm³/mol. The van der Waals surface area contributed by atoms with Gasteiger partial charge in [-0.15, -0.1) is 0 Å². The van der Waals surface area contributed by atoms with Gasteiger partial charge in [-0.1, -0.05) is 18.6 Å². The Kier molecular flexibility index (Phi) is 6.14. The molecule has 0 spiro atoms. The van der Waals surface area contributed by atoms with Crippen molar-refractivity contribution in [2.24, 2.45) is 0 Å². The number of benzene rings is 1. The first-order valence-corrected chi connectivity index (χ1v) is 9.51. The lowest BCUT2D eigenvalue weighted by Gasteiger charge is -2.24. The van der Waals surface area contributed by atoms with Crippen molar-refractivity contribution in [3.8, 4) is 5.75 Å². The fraction of sp³-hybridized carbons (Fsp3) is 0.625. The van der Waals surface area contributed by atoms with Gasteiger partial charge in [-0.25, -0.2) is 12.7 Å². The Bertz CT molecular complexity index is 629. The summed E-state index contributed by atoms with van der Waals surface area (Å²) < 4.78 is 67.9. The van der Waals surface area contributed by atoms with Gasteiger partial charge in [0, 0.05) is 13.1 Å². The molecule has 0 saturated carbocycles. The average molecular weight is 365 g/mol. The molecule has 136 valence electrons. The van der Waals surface area contributed by atoms with Crippen LogP contribution >= 0.6 is 0 Å². The Hall–Kier alpha value is -1.28. The van der Waals surface area contributed by atoms with E-state index in [-0.39, 0.29) is 19.0 Å². The molecule has 1 aliphatic rings. The zero-order chi connectivity index (χ0) is 17.8. The van der Waals surface area contributed by atoms with Crippen LogP contribution in [-0.2, 0) is 10.0 Å². The minimum atomic E-state index is -4.46. The molecule has 0 N–H and O–H groups in total. The van der Waals surface area contributed by atoms with Gasteiger partial charge in [0.25, 0.3) is 0 Å². The van der Waals surface area contributed by atoms with Gasteiger partial charge in [0.2, 0.25) is 10.0 Å². The highest BCUT2D eigenvalue weighted by Crippen LogP contribution is 2.30. The van der Waals surface area contributed by atoms with Crippen molar-refractivity contribution in [1.29, 1.82) is 0 Å². The van der Waals surface area contributed by atoms with Gasteiger partial charge in [0.05, 0.1) is 19.3 Å². The van der Waals surface area contributed by atoms with E-state index in [1.165, 1.54) is 4.31 Å². The number of rotatable bonds is 5. The summed E-state index contributed by atoms with van der Waals surface area (Å²) >= 11 is 0. The van der Waals surface area contributed by atoms with Crippen molar-refractivity contribution in [3.63, 3.8) is 0 Å². The first kappa shape index (κ1) is 19.1. The summed E-state index contributed by atoms with van der Waals surface area (Å²) in [5, 5.41) is 0. The van der Waals surface area contributed by atoms with Gasteiger partial charge in [0.1, 0.15) is 5.75 Å². The van der Waals surface area contributed by atoms with E-state index in [1.807, 2.05) is 24.3 Å². The number of hydrogen-bond donors (Lipinski definition) is 0. The standard InChI is InChI=1S/C16H22F3NO3S/c1-23-15-7-5-13(6-8-15)14-4-2-3-10-20(12-14)24(21,22)11-9-16(17,18)19/h5-8,14H,2-4,9-12H2,1H3/t14-/m1/s1. The summed E-state index contributed by atoms with van der Waals surface area (Å²) in [5.41, 5.74) is 0.980. The first-order valence-electron chi connectivity index (χ1n) is 7.90. The number of alkyl halides is 3. The number of hydrogen-bond acceptors (Lipinski definition) is 3. The first-order chi connectivity index (χ1) is 11.2. The van der Waals surface area contributed by atoms with Crippen LogP contribution in [-0.4, -0.2) is 44.9 Å². The summed E-state index contributed by atoms with van der Waals surface area (Å²) in [6.07, 6.45) is -3.44. The molecule has 1 aromatic rings. The molecular weight excluding hydrogens is 343 g/mol. The maximum absolute atomic E-state index is 12.4. The molecule has 0 aromatic heterocycles. The third-order valence-corrected chi connectivity index (χ3v) is 6.10. The lowest BCUT2D eigenvalue weighted by atomic mass is 9.94. The van der Waals surface area contributed by atoms with Crippen molar-refractivity contribution in [2.45, 2.75) is 37.8 Å². The van der Waals surface area contributed by atoms with Gasteiger partial charge < -0.3 is 4.74 Å². The molecule has 0 amide bonds. The van der Waals surface area contributed by atoms with Crippen molar-refractivity contribution in [3.05, 3.63) is 29.8 Å². The highest BCUT2D eigenvalue weighted by atomic mass is 32.2. The minimum absolute atomic E-state index is 0.0148. The molecule has 0 bridgehead atoms. The quantitative estimate of drug-likeness (QED) is 0.802. The number of methoxy groups -OCH3 is 1. The summed E-state index contributed by atoms with van der Waals surface area (Å²) in [6.45, 7) is 0.513.